The van der Waals surface area contributed by atoms with Crippen molar-refractivity contribution in [2.75, 3.05) is 24.7 Å². The third-order valence-corrected chi connectivity index (χ3v) is 4.76. The van der Waals surface area contributed by atoms with Crippen LogP contribution in [0.1, 0.15) is 6.04 Å². The third kappa shape index (κ3) is 1.89. The summed E-state index contributed by atoms with van der Waals surface area (Å²) in [5.74, 6) is 1.60. The Morgan fingerprint density at radius 1 is 1.53 bits per heavy atom. The number of aliphatic hydroxyl groups is 1. The summed E-state index contributed by atoms with van der Waals surface area (Å²) in [6, 6.07) is 0.131. The summed E-state index contributed by atoms with van der Waals surface area (Å²) in [5.41, 5.74) is 2.58. The fraction of sp³-hybridized carbons (Fsp3) is 0.417. The van der Waals surface area contributed by atoms with Gasteiger partial charge in [0.2, 0.25) is 0 Å². The Morgan fingerprint density at radius 2 is 2.37 bits per heavy atom. The van der Waals surface area contributed by atoms with Crippen LogP contribution >= 0.6 is 11.8 Å². The summed E-state index contributed by atoms with van der Waals surface area (Å²) >= 11 is 1.72. The Balaban J connectivity index is 2.05. The second-order valence-corrected chi connectivity index (χ2v) is 5.63. The second kappa shape index (κ2) is 4.82. The minimum Gasteiger partial charge on any atom is -0.395 e. The van der Waals surface area contributed by atoms with Crippen LogP contribution in [0.3, 0.4) is 0 Å². The monoisotopic (exact) mass is 277 g/mol. The number of imidazole rings is 1. The van der Waals surface area contributed by atoms with Gasteiger partial charge in [0, 0.05) is 12.8 Å². The number of nitrogens with zero attached hydrogens (tertiary/aromatic N) is 4. The first-order valence-corrected chi connectivity index (χ1v) is 7.07. The summed E-state index contributed by atoms with van der Waals surface area (Å²) in [6.45, 7) is 4.23. The van der Waals surface area contributed by atoms with E-state index >= 15 is 0 Å². The van der Waals surface area contributed by atoms with Gasteiger partial charge in [-0.2, -0.15) is 0 Å². The maximum Gasteiger partial charge on any atom is 0.166 e. The molecule has 100 valence electrons. The predicted molar refractivity (Wildman–Crippen MR) is 76.4 cm³/mol. The summed E-state index contributed by atoms with van der Waals surface area (Å²) in [7, 11) is 1.81. The smallest absolute Gasteiger partial charge is 0.166 e. The molecule has 3 rings (SSSR count). The molecule has 1 aliphatic heterocycles. The highest BCUT2D eigenvalue weighted by molar-refractivity contribution is 8.00. The number of nitrogens with one attached hydrogen (secondary N) is 1. The van der Waals surface area contributed by atoms with E-state index in [0.717, 1.165) is 28.3 Å². The summed E-state index contributed by atoms with van der Waals surface area (Å²) in [4.78, 5) is 12.8. The summed E-state index contributed by atoms with van der Waals surface area (Å²) < 4.78 is 2.02. The molecular formula is C12H15N5OS. The third-order valence-electron chi connectivity index (χ3n) is 3.39. The van der Waals surface area contributed by atoms with Gasteiger partial charge in [0.05, 0.1) is 24.2 Å². The minimum atomic E-state index is 0.105. The largest absolute Gasteiger partial charge is 0.395 e. The zero-order valence-electron chi connectivity index (χ0n) is 10.6. The van der Waals surface area contributed by atoms with Gasteiger partial charge in [0.15, 0.2) is 11.5 Å². The van der Waals surface area contributed by atoms with E-state index < -0.39 is 0 Å². The lowest BCUT2D eigenvalue weighted by Gasteiger charge is -2.14. The minimum absolute atomic E-state index is 0.105. The molecule has 1 aliphatic rings. The summed E-state index contributed by atoms with van der Waals surface area (Å²) in [6.07, 6.45) is 3.30. The van der Waals surface area contributed by atoms with Gasteiger partial charge in [-0.3, -0.25) is 0 Å². The molecule has 19 heavy (non-hydrogen) atoms. The maximum absolute atomic E-state index is 9.31. The number of aromatic nitrogens is 4. The van der Waals surface area contributed by atoms with Crippen molar-refractivity contribution < 1.29 is 5.11 Å². The molecule has 2 N–H and O–H groups in total. The van der Waals surface area contributed by atoms with Crippen LogP contribution in [-0.4, -0.2) is 49.3 Å². The van der Waals surface area contributed by atoms with Crippen molar-refractivity contribution in [3.05, 3.63) is 24.8 Å². The molecule has 2 atom stereocenters. The maximum atomic E-state index is 9.31. The SMILES string of the molecule is C=C1[C@H](CO)SC[C@@H]1n1cnc2c(NC)ncnc21. The van der Waals surface area contributed by atoms with Crippen molar-refractivity contribution in [1.82, 2.24) is 19.5 Å². The predicted octanol–water partition coefficient (Wildman–Crippen LogP) is 1.07. The molecule has 2 aromatic heterocycles. The van der Waals surface area contributed by atoms with Crippen molar-refractivity contribution in [1.29, 1.82) is 0 Å². The molecule has 0 aliphatic carbocycles. The summed E-state index contributed by atoms with van der Waals surface area (Å²) in [5, 5.41) is 12.4. The van der Waals surface area contributed by atoms with Crippen molar-refractivity contribution in [2.45, 2.75) is 11.3 Å². The fourth-order valence-electron chi connectivity index (χ4n) is 2.33. The van der Waals surface area contributed by atoms with Gasteiger partial charge in [-0.15, -0.1) is 11.8 Å². The average molecular weight is 277 g/mol. The van der Waals surface area contributed by atoms with Crippen molar-refractivity contribution in [2.24, 2.45) is 0 Å². The Kier molecular flexibility index (Phi) is 3.16. The van der Waals surface area contributed by atoms with Crippen LogP contribution in [0.25, 0.3) is 11.2 Å². The average Bonchev–Trinajstić information content (AvgIpc) is 3.01. The molecule has 0 radical (unpaired) electrons. The number of thioether (sulfide) groups is 1. The fourth-order valence-corrected chi connectivity index (χ4v) is 3.59. The highest BCUT2D eigenvalue weighted by Gasteiger charge is 2.31. The molecule has 0 unspecified atom stereocenters. The van der Waals surface area contributed by atoms with Crippen LogP contribution in [0.2, 0.25) is 0 Å². The highest BCUT2D eigenvalue weighted by atomic mass is 32.2. The molecule has 6 nitrogen and oxygen atoms in total. The normalized spacial score (nSPS) is 23.2. The van der Waals surface area contributed by atoms with Gasteiger partial charge in [-0.05, 0) is 5.57 Å². The van der Waals surface area contributed by atoms with E-state index in [4.69, 9.17) is 0 Å². The first-order chi connectivity index (χ1) is 9.26. The molecule has 7 heteroatoms. The molecule has 0 saturated carbocycles. The molecule has 0 spiro atoms. The van der Waals surface area contributed by atoms with E-state index in [9.17, 15) is 5.11 Å². The van der Waals surface area contributed by atoms with Crippen LogP contribution in [0.15, 0.2) is 24.8 Å². The molecule has 1 fully saturated rings. The molecule has 1 saturated heterocycles. The Bertz CT molecular complexity index is 626. The molecular weight excluding hydrogens is 262 g/mol. The van der Waals surface area contributed by atoms with Crippen LogP contribution in [0.4, 0.5) is 5.82 Å². The van der Waals surface area contributed by atoms with Crippen LogP contribution < -0.4 is 5.32 Å². The van der Waals surface area contributed by atoms with Crippen molar-refractivity contribution in [3.63, 3.8) is 0 Å². The first kappa shape index (κ1) is 12.4. The molecule has 2 aromatic rings. The number of aliphatic hydroxyl groups excluding tert-OH is 1. The van der Waals surface area contributed by atoms with Gasteiger partial charge in [0.1, 0.15) is 11.8 Å². The van der Waals surface area contributed by atoms with Gasteiger partial charge in [-0.25, -0.2) is 15.0 Å². The number of hydrogen-bond donors (Lipinski definition) is 2. The van der Waals surface area contributed by atoms with Gasteiger partial charge >= 0.3 is 0 Å². The molecule has 0 aromatic carbocycles. The van der Waals surface area contributed by atoms with Crippen molar-refractivity contribution in [3.8, 4) is 0 Å². The Morgan fingerprint density at radius 3 is 3.05 bits per heavy atom. The van der Waals surface area contributed by atoms with E-state index in [1.807, 2.05) is 11.6 Å². The molecule has 0 bridgehead atoms. The van der Waals surface area contributed by atoms with Gasteiger partial charge < -0.3 is 15.0 Å². The first-order valence-electron chi connectivity index (χ1n) is 6.02. The number of fused-ring (bicyclic) bond motifs is 1. The standard InChI is InChI=1S/C12H15N5OS/c1-7-8(4-19-9(7)3-18)17-6-16-10-11(13-2)14-5-15-12(10)17/h5-6,8-9,18H,1,3-4H2,2H3,(H,13,14,15)/t8-,9-/m0/s1. The molecule has 0 amide bonds. The van der Waals surface area contributed by atoms with E-state index in [1.165, 1.54) is 6.33 Å². The Labute approximate surface area is 115 Å². The lowest BCUT2D eigenvalue weighted by Crippen LogP contribution is -2.14. The van der Waals surface area contributed by atoms with Crippen LogP contribution in [0, 0.1) is 0 Å². The van der Waals surface area contributed by atoms with E-state index in [0.29, 0.717) is 0 Å². The zero-order chi connectivity index (χ0) is 13.4. The topological polar surface area (TPSA) is 75.9 Å². The van der Waals surface area contributed by atoms with Gasteiger partial charge in [-0.1, -0.05) is 6.58 Å². The quantitative estimate of drug-likeness (QED) is 0.817. The highest BCUT2D eigenvalue weighted by Crippen LogP contribution is 2.39. The van der Waals surface area contributed by atoms with E-state index in [1.54, 1.807) is 18.1 Å². The van der Waals surface area contributed by atoms with Crippen molar-refractivity contribution >= 4 is 28.7 Å². The molecule has 3 heterocycles. The number of rotatable bonds is 3. The van der Waals surface area contributed by atoms with Crippen LogP contribution in [-0.2, 0) is 0 Å². The number of hydrogen-bond acceptors (Lipinski definition) is 6. The number of anilines is 1. The van der Waals surface area contributed by atoms with Crippen LogP contribution in [0.5, 0.6) is 0 Å². The lowest BCUT2D eigenvalue weighted by atomic mass is 10.1. The van der Waals surface area contributed by atoms with Gasteiger partial charge in [0.25, 0.3) is 0 Å². The Hall–Kier alpha value is -1.60. The van der Waals surface area contributed by atoms with E-state index in [2.05, 4.69) is 26.8 Å². The zero-order valence-corrected chi connectivity index (χ0v) is 11.4. The second-order valence-electron chi connectivity index (χ2n) is 4.39. The lowest BCUT2D eigenvalue weighted by molar-refractivity contribution is 0.302. The van der Waals surface area contributed by atoms with E-state index in [-0.39, 0.29) is 17.9 Å².